The Morgan fingerprint density at radius 2 is 1.86 bits per heavy atom. The van der Waals surface area contributed by atoms with Crippen LogP contribution >= 0.6 is 0 Å². The number of rotatable bonds is 5. The predicted molar refractivity (Wildman–Crippen MR) is 109 cm³/mol. The lowest BCUT2D eigenvalue weighted by Crippen LogP contribution is -2.35. The largest absolute Gasteiger partial charge is 0.497 e. The molecule has 7 nitrogen and oxygen atoms in total. The molecular formula is C21H26N2O5S. The molecule has 0 saturated carbocycles. The molecule has 1 fully saturated rings. The second-order valence-corrected chi connectivity index (χ2v) is 9.13. The zero-order valence-electron chi connectivity index (χ0n) is 16.5. The van der Waals surface area contributed by atoms with E-state index in [1.807, 2.05) is 6.07 Å². The van der Waals surface area contributed by atoms with E-state index in [4.69, 9.17) is 14.2 Å². The number of hydrogen-bond acceptors (Lipinski definition) is 6. The minimum absolute atomic E-state index is 0.227. The first-order valence-corrected chi connectivity index (χ1v) is 11.2. The van der Waals surface area contributed by atoms with Crippen LogP contribution < -0.4 is 9.47 Å². The van der Waals surface area contributed by atoms with E-state index < -0.39 is 10.0 Å². The Balaban J connectivity index is 1.57. The lowest BCUT2D eigenvalue weighted by molar-refractivity contribution is 0.0342. The summed E-state index contributed by atoms with van der Waals surface area (Å²) in [6.45, 7) is 5.03. The SMILES string of the molecule is COc1cccc(S(=O)(=O)N2CCOc3ccc(CN4CCOCC4)cc3C2)c1. The lowest BCUT2D eigenvalue weighted by atomic mass is 10.1. The highest BCUT2D eigenvalue weighted by molar-refractivity contribution is 7.89. The highest BCUT2D eigenvalue weighted by Gasteiger charge is 2.28. The third-order valence-electron chi connectivity index (χ3n) is 5.26. The molecule has 2 aromatic rings. The summed E-state index contributed by atoms with van der Waals surface area (Å²) in [6, 6.07) is 12.6. The van der Waals surface area contributed by atoms with Gasteiger partial charge in [0.15, 0.2) is 0 Å². The van der Waals surface area contributed by atoms with Gasteiger partial charge in [0.1, 0.15) is 18.1 Å². The van der Waals surface area contributed by atoms with E-state index in [0.29, 0.717) is 18.9 Å². The molecule has 29 heavy (non-hydrogen) atoms. The summed E-state index contributed by atoms with van der Waals surface area (Å²) >= 11 is 0. The fourth-order valence-corrected chi connectivity index (χ4v) is 5.09. The van der Waals surface area contributed by atoms with Crippen molar-refractivity contribution in [3.63, 3.8) is 0 Å². The molecule has 0 spiro atoms. The van der Waals surface area contributed by atoms with Crippen molar-refractivity contribution in [1.29, 1.82) is 0 Å². The topological polar surface area (TPSA) is 68.3 Å². The quantitative estimate of drug-likeness (QED) is 0.741. The lowest BCUT2D eigenvalue weighted by Gasteiger charge is -2.27. The molecule has 0 unspecified atom stereocenters. The maximum atomic E-state index is 13.2. The molecule has 156 valence electrons. The third-order valence-corrected chi connectivity index (χ3v) is 7.10. The van der Waals surface area contributed by atoms with Crippen molar-refractivity contribution in [2.45, 2.75) is 18.0 Å². The Morgan fingerprint density at radius 3 is 2.66 bits per heavy atom. The number of hydrogen-bond donors (Lipinski definition) is 0. The summed E-state index contributed by atoms with van der Waals surface area (Å²) in [7, 11) is -2.13. The van der Waals surface area contributed by atoms with Gasteiger partial charge in [-0.05, 0) is 29.8 Å². The van der Waals surface area contributed by atoms with Gasteiger partial charge in [0.25, 0.3) is 0 Å². The van der Waals surface area contributed by atoms with Crippen LogP contribution in [0.2, 0.25) is 0 Å². The van der Waals surface area contributed by atoms with Crippen LogP contribution in [-0.2, 0) is 27.8 Å². The molecule has 8 heteroatoms. The Kier molecular flexibility index (Phi) is 6.05. The minimum atomic E-state index is -3.65. The number of ether oxygens (including phenoxy) is 3. The second kappa shape index (κ2) is 8.71. The van der Waals surface area contributed by atoms with Crippen LogP contribution in [0.3, 0.4) is 0 Å². The summed E-state index contributed by atoms with van der Waals surface area (Å²) in [5.74, 6) is 1.27. The first-order valence-electron chi connectivity index (χ1n) is 9.75. The van der Waals surface area contributed by atoms with E-state index in [-0.39, 0.29) is 11.4 Å². The molecule has 1 saturated heterocycles. The van der Waals surface area contributed by atoms with Crippen LogP contribution in [0.25, 0.3) is 0 Å². The number of morpholine rings is 1. The molecule has 2 aliphatic rings. The molecule has 0 bridgehead atoms. The minimum Gasteiger partial charge on any atom is -0.497 e. The first-order chi connectivity index (χ1) is 14.1. The van der Waals surface area contributed by atoms with Gasteiger partial charge in [0.05, 0.1) is 25.2 Å². The van der Waals surface area contributed by atoms with Gasteiger partial charge in [-0.1, -0.05) is 12.1 Å². The Labute approximate surface area is 171 Å². The molecule has 2 aromatic carbocycles. The standard InChI is InChI=1S/C21H26N2O5S/c1-26-19-3-2-4-20(14-19)29(24,25)23-9-12-28-21-6-5-17(13-18(21)16-23)15-22-7-10-27-11-8-22/h2-6,13-14H,7-12,15-16H2,1H3. The van der Waals surface area contributed by atoms with Gasteiger partial charge >= 0.3 is 0 Å². The van der Waals surface area contributed by atoms with Crippen molar-refractivity contribution in [2.75, 3.05) is 46.6 Å². The molecule has 2 aliphatic heterocycles. The molecule has 0 amide bonds. The normalized spacial score (nSPS) is 18.5. The van der Waals surface area contributed by atoms with Crippen molar-refractivity contribution in [3.8, 4) is 11.5 Å². The predicted octanol–water partition coefficient (Wildman–Crippen LogP) is 2.11. The smallest absolute Gasteiger partial charge is 0.243 e. The molecule has 0 atom stereocenters. The van der Waals surface area contributed by atoms with E-state index in [9.17, 15) is 8.42 Å². The van der Waals surface area contributed by atoms with Gasteiger partial charge in [-0.3, -0.25) is 4.90 Å². The van der Waals surface area contributed by atoms with Crippen LogP contribution in [0.4, 0.5) is 0 Å². The van der Waals surface area contributed by atoms with E-state index >= 15 is 0 Å². The molecule has 0 N–H and O–H groups in total. The summed E-state index contributed by atoms with van der Waals surface area (Å²) in [6.07, 6.45) is 0. The van der Waals surface area contributed by atoms with Gasteiger partial charge in [-0.2, -0.15) is 4.31 Å². The number of benzene rings is 2. The van der Waals surface area contributed by atoms with Crippen molar-refractivity contribution in [2.24, 2.45) is 0 Å². The fourth-order valence-electron chi connectivity index (χ4n) is 3.66. The average molecular weight is 419 g/mol. The Hall–Kier alpha value is -2.13. The molecule has 0 aliphatic carbocycles. The molecule has 0 aromatic heterocycles. The van der Waals surface area contributed by atoms with Gasteiger partial charge in [-0.15, -0.1) is 0 Å². The van der Waals surface area contributed by atoms with Gasteiger partial charge in [0, 0.05) is 44.4 Å². The van der Waals surface area contributed by atoms with Crippen molar-refractivity contribution >= 4 is 10.0 Å². The fraction of sp³-hybridized carbons (Fsp3) is 0.429. The zero-order valence-corrected chi connectivity index (χ0v) is 17.4. The Bertz CT molecular complexity index is 957. The molecule has 2 heterocycles. The molecule has 4 rings (SSSR count). The average Bonchev–Trinajstić information content (AvgIpc) is 2.97. The zero-order chi connectivity index (χ0) is 20.3. The van der Waals surface area contributed by atoms with Gasteiger partial charge < -0.3 is 14.2 Å². The maximum absolute atomic E-state index is 13.2. The van der Waals surface area contributed by atoms with Crippen LogP contribution in [0.1, 0.15) is 11.1 Å². The van der Waals surface area contributed by atoms with Crippen molar-refractivity contribution < 1.29 is 22.6 Å². The van der Waals surface area contributed by atoms with E-state index in [0.717, 1.165) is 49.7 Å². The van der Waals surface area contributed by atoms with Gasteiger partial charge in [-0.25, -0.2) is 8.42 Å². The summed E-state index contributed by atoms with van der Waals surface area (Å²) < 4.78 is 44.3. The summed E-state index contributed by atoms with van der Waals surface area (Å²) in [5.41, 5.74) is 2.04. The number of nitrogens with zero attached hydrogens (tertiary/aromatic N) is 2. The number of fused-ring (bicyclic) bond motifs is 1. The number of sulfonamides is 1. The highest BCUT2D eigenvalue weighted by atomic mass is 32.2. The second-order valence-electron chi connectivity index (χ2n) is 7.20. The maximum Gasteiger partial charge on any atom is 0.243 e. The van der Waals surface area contributed by atoms with E-state index in [1.165, 1.54) is 11.4 Å². The molecular weight excluding hydrogens is 392 g/mol. The summed E-state index contributed by atoms with van der Waals surface area (Å²) in [5, 5.41) is 0. The monoisotopic (exact) mass is 418 g/mol. The van der Waals surface area contributed by atoms with Crippen LogP contribution in [0, 0.1) is 0 Å². The van der Waals surface area contributed by atoms with Crippen LogP contribution in [0.15, 0.2) is 47.4 Å². The molecule has 0 radical (unpaired) electrons. The summed E-state index contributed by atoms with van der Waals surface area (Å²) in [4.78, 5) is 2.57. The van der Waals surface area contributed by atoms with Crippen LogP contribution in [-0.4, -0.2) is 64.2 Å². The van der Waals surface area contributed by atoms with E-state index in [2.05, 4.69) is 17.0 Å². The first kappa shape index (κ1) is 20.2. The van der Waals surface area contributed by atoms with Crippen molar-refractivity contribution in [3.05, 3.63) is 53.6 Å². The van der Waals surface area contributed by atoms with Crippen molar-refractivity contribution in [1.82, 2.24) is 9.21 Å². The van der Waals surface area contributed by atoms with Crippen LogP contribution in [0.5, 0.6) is 11.5 Å². The number of methoxy groups -OCH3 is 1. The highest BCUT2D eigenvalue weighted by Crippen LogP contribution is 2.29. The Morgan fingerprint density at radius 1 is 1.03 bits per heavy atom. The van der Waals surface area contributed by atoms with E-state index in [1.54, 1.807) is 24.3 Å². The third kappa shape index (κ3) is 4.56. The van der Waals surface area contributed by atoms with Gasteiger partial charge in [0.2, 0.25) is 10.0 Å².